The van der Waals surface area contributed by atoms with Gasteiger partial charge in [0.2, 0.25) is 0 Å². The van der Waals surface area contributed by atoms with Crippen LogP contribution in [0.25, 0.3) is 0 Å². The predicted octanol–water partition coefficient (Wildman–Crippen LogP) is 2.06. The highest BCUT2D eigenvalue weighted by molar-refractivity contribution is 5.96. The van der Waals surface area contributed by atoms with E-state index in [1.165, 1.54) is 0 Å². The second-order valence-electron chi connectivity index (χ2n) is 4.95. The first-order valence-corrected chi connectivity index (χ1v) is 6.93. The summed E-state index contributed by atoms with van der Waals surface area (Å²) in [6, 6.07) is 9.84. The number of hydrogen-bond donors (Lipinski definition) is 2. The normalized spacial score (nSPS) is 13.8. The summed E-state index contributed by atoms with van der Waals surface area (Å²) in [6.07, 6.45) is 3.52. The molecule has 0 saturated carbocycles. The molecule has 0 aliphatic carbocycles. The summed E-state index contributed by atoms with van der Waals surface area (Å²) in [4.78, 5) is 15.4. The maximum Gasteiger partial charge on any atom is 0.251 e. The molecule has 4 nitrogen and oxygen atoms in total. The summed E-state index contributed by atoms with van der Waals surface area (Å²) in [5.41, 5.74) is 4.19. The monoisotopic (exact) mass is 270 g/mol. The standard InChI is InChI=1S/C16H18N2O2/c19-16(18-9-6-13-4-2-8-17-13)15-5-1-3-12-11-20-10-7-14(12)15/h1-5,8,17H,6-7,9-11H2,(H,18,19). The summed E-state index contributed by atoms with van der Waals surface area (Å²) >= 11 is 0. The minimum absolute atomic E-state index is 0.00954. The van der Waals surface area contributed by atoms with E-state index >= 15 is 0 Å². The van der Waals surface area contributed by atoms with Gasteiger partial charge in [-0.25, -0.2) is 0 Å². The fourth-order valence-corrected chi connectivity index (χ4v) is 2.56. The highest BCUT2D eigenvalue weighted by atomic mass is 16.5. The lowest BCUT2D eigenvalue weighted by molar-refractivity contribution is 0.0942. The molecule has 20 heavy (non-hydrogen) atoms. The fraction of sp³-hybridized carbons (Fsp3) is 0.312. The smallest absolute Gasteiger partial charge is 0.251 e. The van der Waals surface area contributed by atoms with Gasteiger partial charge in [-0.2, -0.15) is 0 Å². The molecule has 0 saturated heterocycles. The predicted molar refractivity (Wildman–Crippen MR) is 76.6 cm³/mol. The van der Waals surface area contributed by atoms with Crippen LogP contribution in [0.2, 0.25) is 0 Å². The Kier molecular flexibility index (Phi) is 3.83. The van der Waals surface area contributed by atoms with Crippen molar-refractivity contribution in [3.8, 4) is 0 Å². The van der Waals surface area contributed by atoms with E-state index in [1.54, 1.807) is 0 Å². The fourth-order valence-electron chi connectivity index (χ4n) is 2.56. The molecule has 3 rings (SSSR count). The van der Waals surface area contributed by atoms with Crippen LogP contribution in [0, 0.1) is 0 Å². The van der Waals surface area contributed by atoms with Gasteiger partial charge in [-0.3, -0.25) is 4.79 Å². The molecule has 2 heterocycles. The number of amides is 1. The summed E-state index contributed by atoms with van der Waals surface area (Å²) in [5.74, 6) is 0.00954. The molecular formula is C16H18N2O2. The van der Waals surface area contributed by atoms with Crippen molar-refractivity contribution < 1.29 is 9.53 Å². The molecule has 1 aliphatic rings. The Morgan fingerprint density at radius 1 is 1.30 bits per heavy atom. The molecule has 2 N–H and O–H groups in total. The maximum absolute atomic E-state index is 12.3. The van der Waals surface area contributed by atoms with Gasteiger partial charge < -0.3 is 15.0 Å². The van der Waals surface area contributed by atoms with E-state index < -0.39 is 0 Å². The van der Waals surface area contributed by atoms with Crippen LogP contribution < -0.4 is 5.32 Å². The van der Waals surface area contributed by atoms with Crippen LogP contribution in [0.3, 0.4) is 0 Å². The van der Waals surface area contributed by atoms with Crippen LogP contribution in [0.4, 0.5) is 0 Å². The maximum atomic E-state index is 12.3. The van der Waals surface area contributed by atoms with Crippen molar-refractivity contribution in [3.05, 3.63) is 58.9 Å². The molecule has 1 aromatic heterocycles. The van der Waals surface area contributed by atoms with Gasteiger partial charge in [0.15, 0.2) is 0 Å². The molecule has 0 spiro atoms. The summed E-state index contributed by atoms with van der Waals surface area (Å²) in [6.45, 7) is 1.94. The molecule has 0 atom stereocenters. The van der Waals surface area contributed by atoms with Crippen LogP contribution >= 0.6 is 0 Å². The second kappa shape index (κ2) is 5.92. The summed E-state index contributed by atoms with van der Waals surface area (Å²) in [5, 5.41) is 2.99. The van der Waals surface area contributed by atoms with Gasteiger partial charge in [-0.05, 0) is 35.7 Å². The van der Waals surface area contributed by atoms with Crippen molar-refractivity contribution in [2.24, 2.45) is 0 Å². The molecule has 2 aromatic rings. The average molecular weight is 270 g/mol. The zero-order valence-corrected chi connectivity index (χ0v) is 11.3. The van der Waals surface area contributed by atoms with Crippen LogP contribution in [0.1, 0.15) is 27.2 Å². The van der Waals surface area contributed by atoms with Crippen molar-refractivity contribution in [2.45, 2.75) is 19.4 Å². The van der Waals surface area contributed by atoms with E-state index in [4.69, 9.17) is 4.74 Å². The Labute approximate surface area is 118 Å². The van der Waals surface area contributed by atoms with Crippen LogP contribution in [-0.2, 0) is 24.2 Å². The molecule has 0 fully saturated rings. The van der Waals surface area contributed by atoms with Crippen molar-refractivity contribution in [2.75, 3.05) is 13.2 Å². The third-order valence-electron chi connectivity index (χ3n) is 3.61. The number of aromatic nitrogens is 1. The second-order valence-corrected chi connectivity index (χ2v) is 4.95. The van der Waals surface area contributed by atoms with E-state index in [1.807, 2.05) is 36.5 Å². The molecule has 0 radical (unpaired) electrons. The molecule has 0 unspecified atom stereocenters. The number of ether oxygens (including phenoxy) is 1. The minimum Gasteiger partial charge on any atom is -0.376 e. The first-order valence-electron chi connectivity index (χ1n) is 6.93. The largest absolute Gasteiger partial charge is 0.376 e. The summed E-state index contributed by atoms with van der Waals surface area (Å²) < 4.78 is 5.42. The highest BCUT2D eigenvalue weighted by Gasteiger charge is 2.17. The SMILES string of the molecule is O=C(NCCc1ccc[nH]1)c1cccc2c1CCOC2. The van der Waals surface area contributed by atoms with Gasteiger partial charge >= 0.3 is 0 Å². The zero-order valence-electron chi connectivity index (χ0n) is 11.3. The molecule has 0 bridgehead atoms. The van der Waals surface area contributed by atoms with Gasteiger partial charge in [-0.1, -0.05) is 12.1 Å². The number of aromatic amines is 1. The topological polar surface area (TPSA) is 54.1 Å². The Balaban J connectivity index is 1.65. The third kappa shape index (κ3) is 2.75. The number of carbonyl (C=O) groups is 1. The third-order valence-corrected chi connectivity index (χ3v) is 3.61. The van der Waals surface area contributed by atoms with Crippen molar-refractivity contribution >= 4 is 5.91 Å². The van der Waals surface area contributed by atoms with Gasteiger partial charge in [-0.15, -0.1) is 0 Å². The number of hydrogen-bond acceptors (Lipinski definition) is 2. The molecular weight excluding hydrogens is 252 g/mol. The molecule has 4 heteroatoms. The average Bonchev–Trinajstić information content (AvgIpc) is 3.00. The Hall–Kier alpha value is -2.07. The Bertz CT molecular complexity index is 591. The Morgan fingerprint density at radius 3 is 3.10 bits per heavy atom. The Morgan fingerprint density at radius 2 is 2.25 bits per heavy atom. The van der Waals surface area contributed by atoms with Crippen molar-refractivity contribution in [3.63, 3.8) is 0 Å². The first kappa shape index (κ1) is 12.9. The van der Waals surface area contributed by atoms with Crippen LogP contribution in [-0.4, -0.2) is 24.0 Å². The number of nitrogens with one attached hydrogen (secondary N) is 2. The number of carbonyl (C=O) groups excluding carboxylic acids is 1. The first-order chi connectivity index (χ1) is 9.84. The van der Waals surface area contributed by atoms with E-state index in [0.29, 0.717) is 19.8 Å². The van der Waals surface area contributed by atoms with Crippen molar-refractivity contribution in [1.29, 1.82) is 0 Å². The number of H-pyrrole nitrogens is 1. The van der Waals surface area contributed by atoms with Gasteiger partial charge in [0, 0.05) is 30.4 Å². The van der Waals surface area contributed by atoms with E-state index in [0.717, 1.165) is 35.2 Å². The number of fused-ring (bicyclic) bond motifs is 1. The van der Waals surface area contributed by atoms with Gasteiger partial charge in [0.05, 0.1) is 13.2 Å². The molecule has 1 aliphatic heterocycles. The lowest BCUT2D eigenvalue weighted by Gasteiger charge is -2.19. The van der Waals surface area contributed by atoms with E-state index in [2.05, 4.69) is 10.3 Å². The highest BCUT2D eigenvalue weighted by Crippen LogP contribution is 2.20. The van der Waals surface area contributed by atoms with E-state index in [-0.39, 0.29) is 5.91 Å². The number of benzene rings is 1. The molecule has 104 valence electrons. The molecule has 1 aromatic carbocycles. The quantitative estimate of drug-likeness (QED) is 0.893. The molecule has 1 amide bonds. The van der Waals surface area contributed by atoms with Crippen molar-refractivity contribution in [1.82, 2.24) is 10.3 Å². The summed E-state index contributed by atoms with van der Waals surface area (Å²) in [7, 11) is 0. The zero-order chi connectivity index (χ0) is 13.8. The van der Waals surface area contributed by atoms with Gasteiger partial charge in [0.1, 0.15) is 0 Å². The van der Waals surface area contributed by atoms with E-state index in [9.17, 15) is 4.79 Å². The lowest BCUT2D eigenvalue weighted by atomic mass is 9.97. The lowest BCUT2D eigenvalue weighted by Crippen LogP contribution is -2.28. The number of rotatable bonds is 4. The minimum atomic E-state index is 0.00954. The van der Waals surface area contributed by atoms with Crippen LogP contribution in [0.15, 0.2) is 36.5 Å². The van der Waals surface area contributed by atoms with Gasteiger partial charge in [0.25, 0.3) is 5.91 Å². The van der Waals surface area contributed by atoms with Crippen LogP contribution in [0.5, 0.6) is 0 Å².